The van der Waals surface area contributed by atoms with Gasteiger partial charge in [0, 0.05) is 19.4 Å². The minimum absolute atomic E-state index is 0.0372. The zero-order valence-corrected chi connectivity index (χ0v) is 43.8. The van der Waals surface area contributed by atoms with Crippen LogP contribution >= 0.6 is 0 Å². The first-order valence-corrected chi connectivity index (χ1v) is 27.3. The molecule has 432 valence electrons. The van der Waals surface area contributed by atoms with Crippen molar-refractivity contribution in [1.29, 1.82) is 0 Å². The molecule has 31 atom stereocenters. The summed E-state index contributed by atoms with van der Waals surface area (Å²) in [5.74, 6) is 1.05. The van der Waals surface area contributed by atoms with E-state index in [2.05, 4.69) is 33.8 Å². The smallest absolute Gasteiger partial charge is 0.187 e. The van der Waals surface area contributed by atoms with E-state index in [1.165, 1.54) is 5.57 Å². The van der Waals surface area contributed by atoms with Crippen molar-refractivity contribution in [3.8, 4) is 0 Å². The average molecular weight is 1080 g/mol. The molecule has 0 amide bonds. The lowest BCUT2D eigenvalue weighted by molar-refractivity contribution is -0.382. The fourth-order valence-electron chi connectivity index (χ4n) is 15.3. The maximum atomic E-state index is 11.8. The Morgan fingerprint density at radius 2 is 1.20 bits per heavy atom. The molecule has 8 fully saturated rings. The Bertz CT molecular complexity index is 1940. The third-order valence-electron chi connectivity index (χ3n) is 19.8. The Balaban J connectivity index is 0.817. The van der Waals surface area contributed by atoms with Crippen molar-refractivity contribution in [2.75, 3.05) is 33.5 Å². The second-order valence-corrected chi connectivity index (χ2v) is 24.0. The predicted molar refractivity (Wildman–Crippen MR) is 255 cm³/mol. The van der Waals surface area contributed by atoms with Gasteiger partial charge in [0.2, 0.25) is 0 Å². The fourth-order valence-corrected chi connectivity index (χ4v) is 15.3. The van der Waals surface area contributed by atoms with E-state index in [4.69, 9.17) is 47.4 Å². The van der Waals surface area contributed by atoms with Crippen molar-refractivity contribution in [3.63, 3.8) is 0 Å². The van der Waals surface area contributed by atoms with Gasteiger partial charge < -0.3 is 114 Å². The van der Waals surface area contributed by atoms with Crippen molar-refractivity contribution in [2.24, 2.45) is 46.3 Å². The number of rotatable bonds is 16. The van der Waals surface area contributed by atoms with Crippen LogP contribution in [0.1, 0.15) is 92.4 Å². The first-order valence-electron chi connectivity index (χ1n) is 27.3. The zero-order chi connectivity index (χ0) is 54.2. The SMILES string of the molecule is CO[C@]1(CC[C@H](C)CO[C@H]2O[C@@H](C)[C@H](O)[C@@H](O)[C@@H]2O)O[C@H]2C[C@H]3[C@@H]4CC=C5C[C@H](O[C@H]6O[C@@H](CO)[C@H](O)[C@@H](O[C@H]7O[C@@H](CO)[C@H](O)[C@@H](O[C@H]8O[C@@H](CO)[C@H](O)[C@@H](O)[C@@H]8O)[C@@H]7O)[C@@H]6O)CC[C@@]5(C)[C@H]4CC[C@@]3(C)[C@H]2[C@@H]1C. The van der Waals surface area contributed by atoms with Crippen LogP contribution < -0.4 is 0 Å². The van der Waals surface area contributed by atoms with Gasteiger partial charge in [-0.3, -0.25) is 0 Å². The summed E-state index contributed by atoms with van der Waals surface area (Å²) in [5.41, 5.74) is 1.22. The van der Waals surface area contributed by atoms with Crippen LogP contribution in [0.3, 0.4) is 0 Å². The molecule has 9 rings (SSSR count). The van der Waals surface area contributed by atoms with E-state index in [0.29, 0.717) is 42.9 Å². The van der Waals surface area contributed by atoms with Gasteiger partial charge in [0.15, 0.2) is 30.9 Å². The van der Waals surface area contributed by atoms with E-state index in [9.17, 15) is 66.4 Å². The van der Waals surface area contributed by atoms with Crippen molar-refractivity contribution in [2.45, 2.75) is 233 Å². The van der Waals surface area contributed by atoms with E-state index in [0.717, 1.165) is 38.5 Å². The molecule has 9 aliphatic rings. The number of methoxy groups -OCH3 is 1. The van der Waals surface area contributed by atoms with Gasteiger partial charge in [-0.1, -0.05) is 39.3 Å². The van der Waals surface area contributed by atoms with Crippen LogP contribution in [0.25, 0.3) is 0 Å². The van der Waals surface area contributed by atoms with Gasteiger partial charge in [-0.2, -0.15) is 0 Å². The van der Waals surface area contributed by atoms with Crippen molar-refractivity contribution in [1.82, 2.24) is 0 Å². The van der Waals surface area contributed by atoms with Crippen LogP contribution in [0.5, 0.6) is 0 Å². The molecule has 0 radical (unpaired) electrons. The highest BCUT2D eigenvalue weighted by atomic mass is 16.8. The first-order chi connectivity index (χ1) is 35.6. The number of ether oxygens (including phenoxy) is 10. The second-order valence-electron chi connectivity index (χ2n) is 24.0. The summed E-state index contributed by atoms with van der Waals surface area (Å²) < 4.78 is 60.2. The lowest BCUT2D eigenvalue weighted by atomic mass is 9.47. The quantitative estimate of drug-likeness (QED) is 0.0720. The Morgan fingerprint density at radius 1 is 0.640 bits per heavy atom. The first kappa shape index (κ1) is 58.5. The van der Waals surface area contributed by atoms with E-state index in [1.54, 1.807) is 14.0 Å². The zero-order valence-electron chi connectivity index (χ0n) is 43.8. The molecule has 5 aliphatic heterocycles. The minimum Gasteiger partial charge on any atom is -0.394 e. The van der Waals surface area contributed by atoms with Crippen LogP contribution in [0.15, 0.2) is 11.6 Å². The van der Waals surface area contributed by atoms with Crippen molar-refractivity contribution >= 4 is 0 Å². The number of allylic oxidation sites excluding steroid dienone is 1. The number of hydrogen-bond acceptors (Lipinski definition) is 23. The van der Waals surface area contributed by atoms with Gasteiger partial charge >= 0.3 is 0 Å². The molecule has 23 nitrogen and oxygen atoms in total. The van der Waals surface area contributed by atoms with Crippen molar-refractivity contribution in [3.05, 3.63) is 11.6 Å². The number of aliphatic hydroxyl groups excluding tert-OH is 13. The highest BCUT2D eigenvalue weighted by Gasteiger charge is 2.68. The second kappa shape index (κ2) is 23.0. The monoisotopic (exact) mass is 1080 g/mol. The molecule has 4 aliphatic carbocycles. The van der Waals surface area contributed by atoms with Gasteiger partial charge in [-0.05, 0) is 98.7 Å². The molecule has 0 spiro atoms. The Morgan fingerprint density at radius 3 is 1.80 bits per heavy atom. The molecule has 0 bridgehead atoms. The predicted octanol–water partition coefficient (Wildman–Crippen LogP) is -2.35. The summed E-state index contributed by atoms with van der Waals surface area (Å²) in [6.45, 7) is 8.78. The minimum atomic E-state index is -1.94. The van der Waals surface area contributed by atoms with Crippen LogP contribution in [-0.2, 0) is 47.4 Å². The lowest BCUT2D eigenvalue weighted by Crippen LogP contribution is -2.67. The standard InChI is InChI=1S/C52H86O23/c1-21(20-67-46-40(62)38(60)34(56)23(3)68-46)9-14-52(66-6)22(2)33-29(75-52)16-28-26-8-7-24-15-25(10-12-50(24,4)27(26)11-13-51(28,33)5)69-48-42(64)44(36(58)31(18-54)71-48)74-49-43(65)45(37(59)32(19-55)72-49)73-47-41(63)39(61)35(57)30(17-53)70-47/h7,21-23,25-49,53-65H,8-20H2,1-6H3/t21-,22-,23-,25+,26+,27-,28-,29-,30-,31-,32-,33-,34-,35-,36-,37-,38+,39+,40-,41-,42-,43-,44+,45+,46-,47+,48-,49+,50+,51+,52+/m0/s1. The average Bonchev–Trinajstić information content (AvgIpc) is 3.86. The summed E-state index contributed by atoms with van der Waals surface area (Å²) in [7, 11) is 1.73. The number of hydrogen-bond donors (Lipinski definition) is 13. The maximum absolute atomic E-state index is 11.8. The van der Waals surface area contributed by atoms with Crippen LogP contribution in [0, 0.1) is 46.3 Å². The lowest BCUT2D eigenvalue weighted by Gasteiger charge is -2.58. The molecule has 5 saturated heterocycles. The fraction of sp³-hybridized carbons (Fsp3) is 0.962. The maximum Gasteiger partial charge on any atom is 0.187 e. The third kappa shape index (κ3) is 10.5. The molecule has 5 heterocycles. The molecule has 0 aromatic rings. The highest BCUT2D eigenvalue weighted by Crippen LogP contribution is 2.70. The largest absolute Gasteiger partial charge is 0.394 e. The van der Waals surface area contributed by atoms with E-state index in [1.807, 2.05) is 0 Å². The topological polar surface area (TPSA) is 355 Å². The summed E-state index contributed by atoms with van der Waals surface area (Å²) in [4.78, 5) is 0. The van der Waals surface area contributed by atoms with Crippen LogP contribution in [-0.4, -0.2) is 241 Å². The van der Waals surface area contributed by atoms with Crippen LogP contribution in [0.4, 0.5) is 0 Å². The molecular formula is C52H86O23. The van der Waals surface area contributed by atoms with Gasteiger partial charge in [0.1, 0.15) is 91.6 Å². The number of fused-ring (bicyclic) bond motifs is 7. The van der Waals surface area contributed by atoms with Crippen LogP contribution in [0.2, 0.25) is 0 Å². The molecule has 23 heteroatoms. The highest BCUT2D eigenvalue weighted by molar-refractivity contribution is 5.26. The van der Waals surface area contributed by atoms with Crippen molar-refractivity contribution < 1.29 is 114 Å². The Kier molecular flexibility index (Phi) is 17.9. The molecule has 13 N–H and O–H groups in total. The molecule has 75 heavy (non-hydrogen) atoms. The van der Waals surface area contributed by atoms with E-state index < -0.39 is 155 Å². The molecule has 3 saturated carbocycles. The summed E-state index contributed by atoms with van der Waals surface area (Å²) in [6, 6.07) is 0. The molecule has 0 unspecified atom stereocenters. The van der Waals surface area contributed by atoms with Gasteiger partial charge in [-0.15, -0.1) is 0 Å². The van der Waals surface area contributed by atoms with Gasteiger partial charge in [0.25, 0.3) is 0 Å². The summed E-state index contributed by atoms with van der Waals surface area (Å²) >= 11 is 0. The Hall–Kier alpha value is -1.18. The van der Waals surface area contributed by atoms with E-state index >= 15 is 0 Å². The molecule has 0 aromatic carbocycles. The Labute approximate surface area is 437 Å². The van der Waals surface area contributed by atoms with E-state index in [-0.39, 0.29) is 35.4 Å². The third-order valence-corrected chi connectivity index (χ3v) is 19.8. The summed E-state index contributed by atoms with van der Waals surface area (Å²) in [6.07, 6.45) is -21.3. The molecule has 0 aromatic heterocycles. The number of aliphatic hydroxyl groups is 13. The summed E-state index contributed by atoms with van der Waals surface area (Å²) in [5, 5.41) is 138. The van der Waals surface area contributed by atoms with Gasteiger partial charge in [-0.25, -0.2) is 0 Å². The van der Waals surface area contributed by atoms with Gasteiger partial charge in [0.05, 0.1) is 44.7 Å². The normalized spacial score (nSPS) is 54.3. The molecular weight excluding hydrogens is 993 g/mol.